The van der Waals surface area contributed by atoms with Gasteiger partial charge in [0.2, 0.25) is 0 Å². The number of hydrogen-bond donors (Lipinski definition) is 1. The fourth-order valence-electron chi connectivity index (χ4n) is 2.93. The number of esters is 1. The van der Waals surface area contributed by atoms with Crippen molar-refractivity contribution in [2.24, 2.45) is 0 Å². The Balaban J connectivity index is 1.88. The van der Waals surface area contributed by atoms with Gasteiger partial charge in [0.15, 0.2) is 11.0 Å². The van der Waals surface area contributed by atoms with Crippen molar-refractivity contribution in [2.75, 3.05) is 12.4 Å². The zero-order valence-electron chi connectivity index (χ0n) is 17.5. The molecule has 9 heteroatoms. The van der Waals surface area contributed by atoms with E-state index in [1.165, 1.54) is 36.0 Å². The molecule has 0 aliphatic carbocycles. The minimum Gasteiger partial charge on any atom is -0.465 e. The van der Waals surface area contributed by atoms with Crippen molar-refractivity contribution in [3.8, 4) is 5.69 Å². The lowest BCUT2D eigenvalue weighted by Crippen LogP contribution is -2.25. The number of amides is 1. The molecule has 0 saturated carbocycles. The summed E-state index contributed by atoms with van der Waals surface area (Å²) in [4.78, 5) is 24.2. The molecule has 3 aromatic rings. The van der Waals surface area contributed by atoms with Crippen LogP contribution in [0.5, 0.6) is 0 Å². The van der Waals surface area contributed by atoms with Gasteiger partial charge in [0, 0.05) is 5.56 Å². The molecule has 0 fully saturated rings. The van der Waals surface area contributed by atoms with Crippen LogP contribution in [0.25, 0.3) is 5.69 Å². The van der Waals surface area contributed by atoms with Gasteiger partial charge in [-0.15, -0.1) is 10.2 Å². The third kappa shape index (κ3) is 5.69. The summed E-state index contributed by atoms with van der Waals surface area (Å²) >= 11 is 1.21. The number of aryl methyl sites for hydroxylation is 2. The number of ether oxygens (including phenoxy) is 1. The van der Waals surface area contributed by atoms with Crippen LogP contribution in [0.2, 0.25) is 0 Å². The van der Waals surface area contributed by atoms with Crippen molar-refractivity contribution in [1.82, 2.24) is 20.1 Å². The first kappa shape index (κ1) is 22.5. The van der Waals surface area contributed by atoms with Gasteiger partial charge in [-0.25, -0.2) is 4.39 Å². The summed E-state index contributed by atoms with van der Waals surface area (Å²) in [5.74, 6) is -0.666. The second-order valence-corrected chi connectivity index (χ2v) is 7.75. The Morgan fingerprint density at radius 2 is 1.97 bits per heavy atom. The van der Waals surface area contributed by atoms with Gasteiger partial charge in [0.1, 0.15) is 5.82 Å². The van der Waals surface area contributed by atoms with Crippen LogP contribution in [-0.4, -0.2) is 39.0 Å². The van der Waals surface area contributed by atoms with E-state index in [0.717, 1.165) is 16.8 Å². The Bertz CT molecular complexity index is 1100. The van der Waals surface area contributed by atoms with Crippen LogP contribution < -0.4 is 5.32 Å². The van der Waals surface area contributed by atoms with E-state index in [-0.39, 0.29) is 23.8 Å². The van der Waals surface area contributed by atoms with Crippen molar-refractivity contribution in [2.45, 2.75) is 32.5 Å². The molecular formula is C22H23FN4O3S. The highest BCUT2D eigenvalue weighted by Gasteiger charge is 2.18. The average molecular weight is 443 g/mol. The highest BCUT2D eigenvalue weighted by Crippen LogP contribution is 2.25. The van der Waals surface area contributed by atoms with Crippen LogP contribution in [-0.2, 0) is 16.1 Å². The number of aromatic nitrogens is 3. The Morgan fingerprint density at radius 1 is 1.16 bits per heavy atom. The van der Waals surface area contributed by atoms with Crippen LogP contribution in [0, 0.1) is 19.7 Å². The molecule has 1 N–H and O–H groups in total. The largest absolute Gasteiger partial charge is 0.465 e. The summed E-state index contributed by atoms with van der Waals surface area (Å²) in [6.07, 6.45) is 0. The topological polar surface area (TPSA) is 86.1 Å². The number of nitrogens with one attached hydrogen (secondary N) is 1. The molecule has 7 nitrogen and oxygen atoms in total. The number of rotatable bonds is 8. The highest BCUT2D eigenvalue weighted by atomic mass is 32.2. The van der Waals surface area contributed by atoms with Crippen molar-refractivity contribution in [3.63, 3.8) is 0 Å². The maximum absolute atomic E-state index is 13.4. The molecule has 2 aromatic carbocycles. The van der Waals surface area contributed by atoms with Crippen LogP contribution >= 0.6 is 11.8 Å². The Hall–Kier alpha value is -3.20. The molecule has 0 unspecified atom stereocenters. The predicted molar refractivity (Wildman–Crippen MR) is 116 cm³/mol. The fourth-order valence-corrected chi connectivity index (χ4v) is 3.69. The van der Waals surface area contributed by atoms with E-state index in [9.17, 15) is 14.0 Å². The average Bonchev–Trinajstić information content (AvgIpc) is 3.15. The third-order valence-corrected chi connectivity index (χ3v) is 5.33. The van der Waals surface area contributed by atoms with Crippen LogP contribution in [0.4, 0.5) is 4.39 Å². The number of thioether (sulfide) groups is 1. The number of benzene rings is 2. The lowest BCUT2D eigenvalue weighted by atomic mass is 10.1. The van der Waals surface area contributed by atoms with Crippen LogP contribution in [0.15, 0.2) is 47.6 Å². The van der Waals surface area contributed by atoms with E-state index in [2.05, 4.69) is 15.5 Å². The van der Waals surface area contributed by atoms with E-state index in [0.29, 0.717) is 17.6 Å². The van der Waals surface area contributed by atoms with E-state index in [1.807, 2.05) is 36.6 Å². The molecule has 162 valence electrons. The highest BCUT2D eigenvalue weighted by molar-refractivity contribution is 7.99. The van der Waals surface area contributed by atoms with Crippen molar-refractivity contribution in [3.05, 3.63) is 70.8 Å². The number of carbonyl (C=O) groups excluding carboxylic acids is 2. The van der Waals surface area contributed by atoms with Gasteiger partial charge in [-0.1, -0.05) is 30.0 Å². The summed E-state index contributed by atoms with van der Waals surface area (Å²) in [5, 5.41) is 11.7. The smallest absolute Gasteiger partial charge is 0.316 e. The van der Waals surface area contributed by atoms with Gasteiger partial charge >= 0.3 is 5.97 Å². The first-order valence-corrected chi connectivity index (χ1v) is 10.7. The Morgan fingerprint density at radius 3 is 2.71 bits per heavy atom. The maximum Gasteiger partial charge on any atom is 0.316 e. The van der Waals surface area contributed by atoms with Gasteiger partial charge < -0.3 is 10.1 Å². The first-order valence-electron chi connectivity index (χ1n) is 9.73. The molecular weight excluding hydrogens is 419 g/mol. The molecule has 0 aliphatic rings. The maximum atomic E-state index is 13.4. The minimum atomic E-state index is -0.483. The van der Waals surface area contributed by atoms with Gasteiger partial charge in [-0.3, -0.25) is 14.2 Å². The Kier molecular flexibility index (Phi) is 7.41. The molecule has 0 aliphatic heterocycles. The van der Waals surface area contributed by atoms with Crippen molar-refractivity contribution in [1.29, 1.82) is 0 Å². The summed E-state index contributed by atoms with van der Waals surface area (Å²) in [6, 6.07) is 11.4. The molecule has 0 saturated heterocycles. The fraction of sp³-hybridized carbons (Fsp3) is 0.273. The SMILES string of the molecule is CCOC(=O)CSc1nnc(CNC(=O)c2cccc(F)c2)n1-c1cc(C)ccc1C. The Labute approximate surface area is 184 Å². The quantitative estimate of drug-likeness (QED) is 0.424. The molecule has 0 bridgehead atoms. The lowest BCUT2D eigenvalue weighted by Gasteiger charge is -2.14. The van der Waals surface area contributed by atoms with Crippen LogP contribution in [0.3, 0.4) is 0 Å². The van der Waals surface area contributed by atoms with E-state index >= 15 is 0 Å². The molecule has 0 radical (unpaired) electrons. The molecule has 1 amide bonds. The number of hydrogen-bond acceptors (Lipinski definition) is 6. The monoisotopic (exact) mass is 442 g/mol. The summed E-state index contributed by atoms with van der Waals surface area (Å²) in [7, 11) is 0. The zero-order chi connectivity index (χ0) is 22.4. The number of nitrogens with zero attached hydrogens (tertiary/aromatic N) is 3. The predicted octanol–water partition coefficient (Wildman–Crippen LogP) is 3.61. The molecule has 1 heterocycles. The molecule has 31 heavy (non-hydrogen) atoms. The van der Waals surface area contributed by atoms with E-state index in [4.69, 9.17) is 4.74 Å². The second-order valence-electron chi connectivity index (χ2n) is 6.81. The third-order valence-electron chi connectivity index (χ3n) is 4.42. The summed E-state index contributed by atoms with van der Waals surface area (Å²) in [5.41, 5.74) is 3.10. The molecule has 0 spiro atoms. The van der Waals surface area contributed by atoms with E-state index < -0.39 is 11.7 Å². The lowest BCUT2D eigenvalue weighted by molar-refractivity contribution is -0.139. The second kappa shape index (κ2) is 10.2. The summed E-state index contributed by atoms with van der Waals surface area (Å²) in [6.45, 7) is 6.07. The molecule has 1 aromatic heterocycles. The van der Waals surface area contributed by atoms with E-state index in [1.54, 1.807) is 6.92 Å². The number of carbonyl (C=O) groups is 2. The standard InChI is InChI=1S/C22H23FN4O3S/c1-4-30-20(28)13-31-22-26-25-19(27(22)18-10-14(2)8-9-15(18)3)12-24-21(29)16-6-5-7-17(23)11-16/h5-11H,4,12-13H2,1-3H3,(H,24,29). The zero-order valence-corrected chi connectivity index (χ0v) is 18.3. The number of halogens is 1. The first-order chi connectivity index (χ1) is 14.9. The normalized spacial score (nSPS) is 10.7. The van der Waals surface area contributed by atoms with Crippen molar-refractivity contribution >= 4 is 23.6 Å². The minimum absolute atomic E-state index is 0.0791. The van der Waals surface area contributed by atoms with Crippen molar-refractivity contribution < 1.29 is 18.7 Å². The van der Waals surface area contributed by atoms with Gasteiger partial charge in [-0.2, -0.15) is 0 Å². The van der Waals surface area contributed by atoms with Gasteiger partial charge in [0.25, 0.3) is 5.91 Å². The summed E-state index contributed by atoms with van der Waals surface area (Å²) < 4.78 is 20.2. The molecule has 3 rings (SSSR count). The van der Waals surface area contributed by atoms with Crippen LogP contribution in [0.1, 0.15) is 34.2 Å². The van der Waals surface area contributed by atoms with Gasteiger partial charge in [-0.05, 0) is 56.2 Å². The van der Waals surface area contributed by atoms with Gasteiger partial charge in [0.05, 0.1) is 24.6 Å². The molecule has 0 atom stereocenters.